The lowest BCUT2D eigenvalue weighted by atomic mass is 10.1. The monoisotopic (exact) mass is 236 g/mol. The first-order valence-corrected chi connectivity index (χ1v) is 5.04. The van der Waals surface area contributed by atoms with E-state index >= 15 is 0 Å². The molecule has 0 aliphatic rings. The second kappa shape index (κ2) is 3.26. The fourth-order valence-corrected chi connectivity index (χ4v) is 1.90. The van der Waals surface area contributed by atoms with Gasteiger partial charge in [0.15, 0.2) is 0 Å². The second-order valence-corrected chi connectivity index (χ2v) is 3.81. The van der Waals surface area contributed by atoms with Crippen molar-refractivity contribution < 1.29 is 17.6 Å². The molecular weight excluding hydrogens is 229 g/mol. The molecule has 0 aliphatic carbocycles. The summed E-state index contributed by atoms with van der Waals surface area (Å²) < 4.78 is 43.2. The van der Waals surface area contributed by atoms with E-state index < -0.39 is 11.7 Å². The van der Waals surface area contributed by atoms with E-state index in [1.165, 1.54) is 6.07 Å². The number of para-hydroxylation sites is 1. The molecule has 0 bridgehead atoms. The Morgan fingerprint density at radius 3 is 2.29 bits per heavy atom. The Morgan fingerprint density at radius 2 is 1.53 bits per heavy atom. The standard InChI is InChI=1S/C13H7F3O/c14-13(15,16)8-5-6-12-10(7-8)9-3-1-2-4-11(9)17-12/h1-7H. The molecule has 1 aromatic heterocycles. The molecule has 0 fully saturated rings. The quantitative estimate of drug-likeness (QED) is 0.555. The highest BCUT2D eigenvalue weighted by molar-refractivity contribution is 6.04. The number of halogens is 3. The van der Waals surface area contributed by atoms with Crippen LogP contribution in [-0.4, -0.2) is 0 Å². The summed E-state index contributed by atoms with van der Waals surface area (Å²) >= 11 is 0. The molecule has 0 spiro atoms. The first-order chi connectivity index (χ1) is 8.05. The number of rotatable bonds is 0. The fraction of sp³-hybridized carbons (Fsp3) is 0.0769. The number of hydrogen-bond donors (Lipinski definition) is 0. The predicted molar refractivity (Wildman–Crippen MR) is 58.7 cm³/mol. The van der Waals surface area contributed by atoms with Crippen molar-refractivity contribution in [1.29, 1.82) is 0 Å². The van der Waals surface area contributed by atoms with Crippen molar-refractivity contribution in [2.75, 3.05) is 0 Å². The Bertz CT molecular complexity index is 695. The average Bonchev–Trinajstić information content (AvgIpc) is 2.65. The summed E-state index contributed by atoms with van der Waals surface area (Å²) in [6.45, 7) is 0. The van der Waals surface area contributed by atoms with Gasteiger partial charge in [0, 0.05) is 10.8 Å². The van der Waals surface area contributed by atoms with E-state index in [-0.39, 0.29) is 0 Å². The van der Waals surface area contributed by atoms with Crippen molar-refractivity contribution >= 4 is 21.9 Å². The highest BCUT2D eigenvalue weighted by Gasteiger charge is 2.30. The maximum Gasteiger partial charge on any atom is 0.416 e. The third kappa shape index (κ3) is 1.56. The zero-order valence-corrected chi connectivity index (χ0v) is 8.58. The van der Waals surface area contributed by atoms with Gasteiger partial charge in [-0.2, -0.15) is 13.2 Å². The van der Waals surface area contributed by atoms with Gasteiger partial charge in [-0.25, -0.2) is 0 Å². The molecule has 1 nitrogen and oxygen atoms in total. The van der Waals surface area contributed by atoms with Crippen LogP contribution in [0.1, 0.15) is 5.56 Å². The van der Waals surface area contributed by atoms with E-state index in [0.717, 1.165) is 12.1 Å². The van der Waals surface area contributed by atoms with Crippen molar-refractivity contribution in [3.05, 3.63) is 48.0 Å². The Kier molecular flexibility index (Phi) is 1.96. The average molecular weight is 236 g/mol. The number of furan rings is 1. The van der Waals surface area contributed by atoms with Crippen LogP contribution in [-0.2, 0) is 6.18 Å². The van der Waals surface area contributed by atoms with Crippen molar-refractivity contribution in [2.24, 2.45) is 0 Å². The molecule has 86 valence electrons. The Balaban J connectivity index is 2.38. The minimum atomic E-state index is -4.33. The minimum absolute atomic E-state index is 0.471. The first-order valence-electron chi connectivity index (χ1n) is 5.04. The number of benzene rings is 2. The van der Waals surface area contributed by atoms with Crippen LogP contribution in [0.3, 0.4) is 0 Å². The molecule has 0 amide bonds. The number of hydrogen-bond acceptors (Lipinski definition) is 1. The van der Waals surface area contributed by atoms with Crippen LogP contribution in [0.25, 0.3) is 21.9 Å². The van der Waals surface area contributed by atoms with Crippen LogP contribution in [0.2, 0.25) is 0 Å². The van der Waals surface area contributed by atoms with Gasteiger partial charge >= 0.3 is 6.18 Å². The molecule has 1 heterocycles. The zero-order valence-electron chi connectivity index (χ0n) is 8.58. The van der Waals surface area contributed by atoms with E-state index in [1.54, 1.807) is 24.3 Å². The number of fused-ring (bicyclic) bond motifs is 3. The van der Waals surface area contributed by atoms with Gasteiger partial charge in [-0.05, 0) is 24.3 Å². The van der Waals surface area contributed by atoms with Crippen molar-refractivity contribution in [1.82, 2.24) is 0 Å². The van der Waals surface area contributed by atoms with Gasteiger partial charge in [0.2, 0.25) is 0 Å². The molecule has 0 saturated heterocycles. The second-order valence-electron chi connectivity index (χ2n) is 3.81. The van der Waals surface area contributed by atoms with Crippen LogP contribution in [0.4, 0.5) is 13.2 Å². The summed E-state index contributed by atoms with van der Waals surface area (Å²) in [6.07, 6.45) is -4.33. The Labute approximate surface area is 94.5 Å². The lowest BCUT2D eigenvalue weighted by molar-refractivity contribution is -0.137. The van der Waals surface area contributed by atoms with Gasteiger partial charge < -0.3 is 4.42 Å². The highest BCUT2D eigenvalue weighted by atomic mass is 19.4. The molecule has 3 aromatic rings. The van der Waals surface area contributed by atoms with E-state index in [9.17, 15) is 13.2 Å². The summed E-state index contributed by atoms with van der Waals surface area (Å²) in [4.78, 5) is 0. The third-order valence-electron chi connectivity index (χ3n) is 2.70. The van der Waals surface area contributed by atoms with Gasteiger partial charge in [-0.3, -0.25) is 0 Å². The fourth-order valence-electron chi connectivity index (χ4n) is 1.90. The molecule has 17 heavy (non-hydrogen) atoms. The zero-order chi connectivity index (χ0) is 12.0. The molecule has 0 radical (unpaired) electrons. The van der Waals surface area contributed by atoms with E-state index in [0.29, 0.717) is 21.9 Å². The SMILES string of the molecule is FC(F)(F)c1ccc2oc3ccccc3c2c1. The number of alkyl halides is 3. The lowest BCUT2D eigenvalue weighted by Gasteiger charge is -2.05. The van der Waals surface area contributed by atoms with Gasteiger partial charge in [-0.15, -0.1) is 0 Å². The normalized spacial score (nSPS) is 12.4. The largest absolute Gasteiger partial charge is 0.456 e. The van der Waals surface area contributed by atoms with Crippen LogP contribution < -0.4 is 0 Å². The van der Waals surface area contributed by atoms with Gasteiger partial charge in [0.05, 0.1) is 5.56 Å². The molecule has 0 saturated carbocycles. The van der Waals surface area contributed by atoms with Gasteiger partial charge in [0.1, 0.15) is 11.2 Å². The Hall–Kier alpha value is -1.97. The Morgan fingerprint density at radius 1 is 0.824 bits per heavy atom. The summed E-state index contributed by atoms with van der Waals surface area (Å²) in [6, 6.07) is 10.6. The summed E-state index contributed by atoms with van der Waals surface area (Å²) in [5.41, 5.74) is 0.414. The first kappa shape index (κ1) is 10.2. The molecule has 0 unspecified atom stereocenters. The highest BCUT2D eigenvalue weighted by Crippen LogP contribution is 2.35. The van der Waals surface area contributed by atoms with E-state index in [2.05, 4.69) is 0 Å². The van der Waals surface area contributed by atoms with Crippen LogP contribution in [0.15, 0.2) is 46.9 Å². The van der Waals surface area contributed by atoms with Gasteiger partial charge in [0.25, 0.3) is 0 Å². The van der Waals surface area contributed by atoms with Crippen molar-refractivity contribution in [3.63, 3.8) is 0 Å². The van der Waals surface area contributed by atoms with Crippen molar-refractivity contribution in [2.45, 2.75) is 6.18 Å². The molecule has 0 atom stereocenters. The topological polar surface area (TPSA) is 13.1 Å². The summed E-state index contributed by atoms with van der Waals surface area (Å²) in [7, 11) is 0. The molecule has 4 heteroatoms. The van der Waals surface area contributed by atoms with E-state index in [1.807, 2.05) is 0 Å². The third-order valence-corrected chi connectivity index (χ3v) is 2.70. The van der Waals surface area contributed by atoms with Crippen molar-refractivity contribution in [3.8, 4) is 0 Å². The summed E-state index contributed by atoms with van der Waals surface area (Å²) in [5.74, 6) is 0. The van der Waals surface area contributed by atoms with Crippen LogP contribution in [0.5, 0.6) is 0 Å². The van der Waals surface area contributed by atoms with Crippen LogP contribution >= 0.6 is 0 Å². The van der Waals surface area contributed by atoms with Gasteiger partial charge in [-0.1, -0.05) is 18.2 Å². The molecule has 2 aromatic carbocycles. The maximum atomic E-state index is 12.6. The lowest BCUT2D eigenvalue weighted by Crippen LogP contribution is -2.03. The molecule has 3 rings (SSSR count). The van der Waals surface area contributed by atoms with Crippen LogP contribution in [0, 0.1) is 0 Å². The predicted octanol–water partition coefficient (Wildman–Crippen LogP) is 4.60. The summed E-state index contributed by atoms with van der Waals surface area (Å²) in [5, 5.41) is 1.20. The smallest absolute Gasteiger partial charge is 0.416 e. The maximum absolute atomic E-state index is 12.6. The molecule has 0 N–H and O–H groups in total. The minimum Gasteiger partial charge on any atom is -0.456 e. The molecule has 0 aliphatic heterocycles. The van der Waals surface area contributed by atoms with E-state index in [4.69, 9.17) is 4.42 Å². The molecular formula is C13H7F3O.